The Balaban J connectivity index is 1.40. The molecule has 2 N–H and O–H groups in total. The van der Waals surface area contributed by atoms with Gasteiger partial charge in [-0.15, -0.1) is 0 Å². The first-order valence-corrected chi connectivity index (χ1v) is 10.8. The molecule has 6 nitrogen and oxygen atoms in total. The third kappa shape index (κ3) is 6.08. The van der Waals surface area contributed by atoms with E-state index in [2.05, 4.69) is 22.7 Å². The van der Waals surface area contributed by atoms with Gasteiger partial charge in [0, 0.05) is 18.2 Å². The zero-order chi connectivity index (χ0) is 19.1. The summed E-state index contributed by atoms with van der Waals surface area (Å²) in [6.45, 7) is 2.44. The maximum absolute atomic E-state index is 12.5. The van der Waals surface area contributed by atoms with E-state index in [0.29, 0.717) is 11.7 Å². The molecule has 0 radical (unpaired) electrons. The zero-order valence-corrected chi connectivity index (χ0v) is 16.6. The normalized spacial score (nSPS) is 23.3. The molecular formula is C21H34N4O2. The molecule has 0 aliphatic heterocycles. The lowest BCUT2D eigenvalue weighted by Gasteiger charge is -2.27. The second-order valence-electron chi connectivity index (χ2n) is 8.32. The van der Waals surface area contributed by atoms with Crippen LogP contribution in [-0.4, -0.2) is 27.6 Å². The van der Waals surface area contributed by atoms with Gasteiger partial charge in [-0.1, -0.05) is 39.0 Å². The third-order valence-corrected chi connectivity index (χ3v) is 6.11. The Morgan fingerprint density at radius 2 is 1.89 bits per heavy atom. The molecule has 1 heterocycles. The molecule has 0 atom stereocenters. The quantitative estimate of drug-likeness (QED) is 0.725. The van der Waals surface area contributed by atoms with Gasteiger partial charge in [0.15, 0.2) is 0 Å². The molecule has 0 unspecified atom stereocenters. The molecule has 2 saturated carbocycles. The highest BCUT2D eigenvalue weighted by Crippen LogP contribution is 2.32. The number of anilines is 1. The minimum absolute atomic E-state index is 0.00622. The van der Waals surface area contributed by atoms with Crippen molar-refractivity contribution in [1.29, 1.82) is 0 Å². The van der Waals surface area contributed by atoms with Crippen molar-refractivity contribution < 1.29 is 9.59 Å². The Labute approximate surface area is 162 Å². The molecule has 1 aromatic heterocycles. The van der Waals surface area contributed by atoms with E-state index in [9.17, 15) is 9.59 Å². The monoisotopic (exact) mass is 374 g/mol. The molecule has 150 valence electrons. The highest BCUT2D eigenvalue weighted by atomic mass is 16.2. The minimum Gasteiger partial charge on any atom is -0.352 e. The van der Waals surface area contributed by atoms with E-state index < -0.39 is 0 Å². The van der Waals surface area contributed by atoms with Gasteiger partial charge in [-0.3, -0.25) is 14.3 Å². The number of hydrogen-bond donors (Lipinski definition) is 2. The highest BCUT2D eigenvalue weighted by Gasteiger charge is 2.26. The van der Waals surface area contributed by atoms with Gasteiger partial charge in [0.1, 0.15) is 6.54 Å². The van der Waals surface area contributed by atoms with Crippen LogP contribution in [0.2, 0.25) is 0 Å². The molecule has 0 spiro atoms. The fourth-order valence-electron chi connectivity index (χ4n) is 4.46. The molecule has 27 heavy (non-hydrogen) atoms. The second-order valence-corrected chi connectivity index (χ2v) is 8.32. The van der Waals surface area contributed by atoms with Crippen LogP contribution in [0.15, 0.2) is 12.4 Å². The molecule has 2 amide bonds. The molecule has 1 aromatic rings. The average Bonchev–Trinajstić information content (AvgIpc) is 3.32. The van der Waals surface area contributed by atoms with Crippen LogP contribution in [-0.2, 0) is 16.1 Å². The van der Waals surface area contributed by atoms with Crippen LogP contribution in [0.3, 0.4) is 0 Å². The van der Waals surface area contributed by atoms with Gasteiger partial charge in [-0.05, 0) is 44.4 Å². The van der Waals surface area contributed by atoms with Gasteiger partial charge in [-0.2, -0.15) is 5.10 Å². The Bertz CT molecular complexity index is 613. The van der Waals surface area contributed by atoms with Crippen molar-refractivity contribution in [3.8, 4) is 0 Å². The standard InChI is InChI=1S/C21H34N4O2/c1-2-3-6-16-9-11-17(12-10-16)21(27)24-19-13-22-25(14-19)15-20(26)23-18-7-4-5-8-18/h13-14,16-18H,2-12,15H2,1H3,(H,23,26)(H,24,27). The van der Waals surface area contributed by atoms with Crippen LogP contribution in [0.4, 0.5) is 5.69 Å². The van der Waals surface area contributed by atoms with Crippen LogP contribution >= 0.6 is 0 Å². The minimum atomic E-state index is -0.00622. The number of amides is 2. The zero-order valence-electron chi connectivity index (χ0n) is 16.6. The van der Waals surface area contributed by atoms with Crippen LogP contribution in [0.1, 0.15) is 77.6 Å². The number of nitrogens with one attached hydrogen (secondary N) is 2. The van der Waals surface area contributed by atoms with E-state index >= 15 is 0 Å². The van der Waals surface area contributed by atoms with E-state index in [-0.39, 0.29) is 24.3 Å². The highest BCUT2D eigenvalue weighted by molar-refractivity contribution is 5.92. The largest absolute Gasteiger partial charge is 0.352 e. The van der Waals surface area contributed by atoms with Crippen molar-refractivity contribution in [2.45, 2.75) is 90.1 Å². The lowest BCUT2D eigenvalue weighted by molar-refractivity contribution is -0.122. The first-order valence-electron chi connectivity index (χ1n) is 10.8. The van der Waals surface area contributed by atoms with E-state index in [1.165, 1.54) is 44.9 Å². The maximum atomic E-state index is 12.5. The van der Waals surface area contributed by atoms with E-state index in [0.717, 1.165) is 31.6 Å². The summed E-state index contributed by atoms with van der Waals surface area (Å²) in [4.78, 5) is 24.6. The van der Waals surface area contributed by atoms with Gasteiger partial charge in [0.05, 0.1) is 11.9 Å². The number of carbonyl (C=O) groups is 2. The SMILES string of the molecule is CCCCC1CCC(C(=O)Nc2cnn(CC(=O)NC3CCCC3)c2)CC1. The van der Waals surface area contributed by atoms with Crippen LogP contribution < -0.4 is 10.6 Å². The van der Waals surface area contributed by atoms with Crippen molar-refractivity contribution in [2.75, 3.05) is 5.32 Å². The van der Waals surface area contributed by atoms with Crippen molar-refractivity contribution in [3.05, 3.63) is 12.4 Å². The summed E-state index contributed by atoms with van der Waals surface area (Å²) in [5, 5.41) is 10.3. The van der Waals surface area contributed by atoms with Gasteiger partial charge in [0.2, 0.25) is 11.8 Å². The number of rotatable bonds is 8. The Kier molecular flexibility index (Phi) is 7.30. The molecule has 0 aromatic carbocycles. The fourth-order valence-corrected chi connectivity index (χ4v) is 4.46. The summed E-state index contributed by atoms with van der Waals surface area (Å²) in [7, 11) is 0. The smallest absolute Gasteiger partial charge is 0.241 e. The second kappa shape index (κ2) is 9.90. The van der Waals surface area contributed by atoms with Crippen molar-refractivity contribution in [2.24, 2.45) is 11.8 Å². The van der Waals surface area contributed by atoms with Crippen LogP contribution in [0, 0.1) is 11.8 Å². The fraction of sp³-hybridized carbons (Fsp3) is 0.762. The Morgan fingerprint density at radius 3 is 2.59 bits per heavy atom. The maximum Gasteiger partial charge on any atom is 0.241 e. The first kappa shape index (κ1) is 19.9. The number of hydrogen-bond acceptors (Lipinski definition) is 3. The lowest BCUT2D eigenvalue weighted by atomic mass is 9.79. The van der Waals surface area contributed by atoms with Gasteiger partial charge < -0.3 is 10.6 Å². The average molecular weight is 375 g/mol. The summed E-state index contributed by atoms with van der Waals surface area (Å²) in [6.07, 6.45) is 16.1. The van der Waals surface area contributed by atoms with Crippen molar-refractivity contribution >= 4 is 17.5 Å². The summed E-state index contributed by atoms with van der Waals surface area (Å²) in [5.74, 6) is 0.999. The molecule has 0 bridgehead atoms. The molecule has 3 rings (SSSR count). The summed E-state index contributed by atoms with van der Waals surface area (Å²) in [5.41, 5.74) is 0.682. The number of nitrogens with zero attached hydrogens (tertiary/aromatic N) is 2. The van der Waals surface area contributed by atoms with Gasteiger partial charge in [-0.25, -0.2) is 0 Å². The summed E-state index contributed by atoms with van der Waals surface area (Å²) in [6, 6.07) is 0.319. The van der Waals surface area contributed by atoms with E-state index in [1.807, 2.05) is 0 Å². The number of unbranched alkanes of at least 4 members (excludes halogenated alkanes) is 1. The third-order valence-electron chi connectivity index (χ3n) is 6.11. The molecule has 6 heteroatoms. The van der Waals surface area contributed by atoms with Crippen molar-refractivity contribution in [1.82, 2.24) is 15.1 Å². The topological polar surface area (TPSA) is 76.0 Å². The molecular weight excluding hydrogens is 340 g/mol. The van der Waals surface area contributed by atoms with E-state index in [1.54, 1.807) is 17.1 Å². The van der Waals surface area contributed by atoms with E-state index in [4.69, 9.17) is 0 Å². The lowest BCUT2D eigenvalue weighted by Crippen LogP contribution is -2.35. The predicted octanol–water partition coefficient (Wildman–Crippen LogP) is 3.88. The first-order chi connectivity index (χ1) is 13.1. The van der Waals surface area contributed by atoms with Crippen LogP contribution in [0.5, 0.6) is 0 Å². The number of aromatic nitrogens is 2. The van der Waals surface area contributed by atoms with Gasteiger partial charge >= 0.3 is 0 Å². The molecule has 2 fully saturated rings. The number of carbonyl (C=O) groups excluding carboxylic acids is 2. The summed E-state index contributed by atoms with van der Waals surface area (Å²) >= 11 is 0. The Morgan fingerprint density at radius 1 is 1.15 bits per heavy atom. The Hall–Kier alpha value is -1.85. The van der Waals surface area contributed by atoms with Crippen molar-refractivity contribution in [3.63, 3.8) is 0 Å². The van der Waals surface area contributed by atoms with Crippen LogP contribution in [0.25, 0.3) is 0 Å². The summed E-state index contributed by atoms with van der Waals surface area (Å²) < 4.78 is 1.60. The predicted molar refractivity (Wildman–Crippen MR) is 106 cm³/mol. The molecule has 0 saturated heterocycles. The molecule has 2 aliphatic rings. The van der Waals surface area contributed by atoms with Gasteiger partial charge in [0.25, 0.3) is 0 Å². The molecule has 2 aliphatic carbocycles.